The van der Waals surface area contributed by atoms with Crippen LogP contribution in [0, 0.1) is 10.1 Å². The van der Waals surface area contributed by atoms with Gasteiger partial charge in [-0.15, -0.1) is 0 Å². The molecular formula is C16H9N3O4S. The topological polar surface area (TPSA) is 90.6 Å². The summed E-state index contributed by atoms with van der Waals surface area (Å²) in [4.78, 5) is 27.5. The zero-order chi connectivity index (χ0) is 16.7. The summed E-state index contributed by atoms with van der Waals surface area (Å²) < 4.78 is 7.13. The molecule has 0 saturated carbocycles. The summed E-state index contributed by atoms with van der Waals surface area (Å²) in [6.07, 6.45) is 4.83. The first-order valence-electron chi connectivity index (χ1n) is 6.96. The molecule has 0 aliphatic carbocycles. The predicted molar refractivity (Wildman–Crippen MR) is 90.9 cm³/mol. The average Bonchev–Trinajstić information content (AvgIpc) is 3.23. The van der Waals surface area contributed by atoms with E-state index in [1.165, 1.54) is 23.5 Å². The highest BCUT2D eigenvalue weighted by atomic mass is 32.1. The number of rotatable bonds is 3. The highest BCUT2D eigenvalue weighted by molar-refractivity contribution is 7.15. The number of nitro groups is 1. The maximum absolute atomic E-state index is 12.5. The summed E-state index contributed by atoms with van der Waals surface area (Å²) in [5.41, 5.74) is 1.42. The standard InChI is InChI=1S/C16H9N3O4S/c20-15-13(7-3-4-10-8-9-14(23-10)19(21)22)24-16-17-11-5-1-2-6-12(11)18(15)16/h1-9H/b4-3+,13-7-. The van der Waals surface area contributed by atoms with Crippen LogP contribution in [0.15, 0.2) is 51.7 Å². The number of imidazole rings is 1. The van der Waals surface area contributed by atoms with Gasteiger partial charge in [0, 0.05) is 0 Å². The number of fused-ring (bicyclic) bond motifs is 3. The van der Waals surface area contributed by atoms with E-state index in [0.29, 0.717) is 15.3 Å². The number of furan rings is 1. The first-order valence-corrected chi connectivity index (χ1v) is 7.78. The largest absolute Gasteiger partial charge is 0.433 e. The van der Waals surface area contributed by atoms with Gasteiger partial charge in [0.05, 0.1) is 21.6 Å². The third kappa shape index (κ3) is 2.29. The van der Waals surface area contributed by atoms with Gasteiger partial charge in [0.1, 0.15) is 10.7 Å². The molecule has 0 amide bonds. The molecule has 0 spiro atoms. The Labute approximate surface area is 137 Å². The van der Waals surface area contributed by atoms with Gasteiger partial charge in [-0.2, -0.15) is 0 Å². The number of hydrogen-bond acceptors (Lipinski definition) is 6. The third-order valence-corrected chi connectivity index (χ3v) is 4.43. The van der Waals surface area contributed by atoms with Gasteiger partial charge >= 0.3 is 5.88 Å². The summed E-state index contributed by atoms with van der Waals surface area (Å²) in [5, 5.41) is 10.6. The van der Waals surface area contributed by atoms with E-state index in [1.807, 2.05) is 24.3 Å². The normalized spacial score (nSPS) is 12.8. The van der Waals surface area contributed by atoms with Crippen molar-refractivity contribution in [3.05, 3.63) is 73.2 Å². The lowest BCUT2D eigenvalue weighted by Gasteiger charge is -1.86. The van der Waals surface area contributed by atoms with Crippen molar-refractivity contribution in [2.24, 2.45) is 0 Å². The van der Waals surface area contributed by atoms with Crippen LogP contribution in [0.1, 0.15) is 5.76 Å². The molecule has 0 fully saturated rings. The molecule has 0 bridgehead atoms. The van der Waals surface area contributed by atoms with E-state index in [2.05, 4.69) is 4.98 Å². The summed E-state index contributed by atoms with van der Waals surface area (Å²) in [7, 11) is 0. The minimum atomic E-state index is -0.601. The summed E-state index contributed by atoms with van der Waals surface area (Å²) in [6, 6.07) is 10.2. The molecule has 4 aromatic rings. The van der Waals surface area contributed by atoms with Gasteiger partial charge in [-0.25, -0.2) is 9.38 Å². The minimum Gasteiger partial charge on any atom is -0.401 e. The summed E-state index contributed by atoms with van der Waals surface area (Å²) in [6.45, 7) is 0. The van der Waals surface area contributed by atoms with Crippen molar-refractivity contribution >= 4 is 45.4 Å². The van der Waals surface area contributed by atoms with E-state index in [9.17, 15) is 14.9 Å². The van der Waals surface area contributed by atoms with Gasteiger partial charge in [0.2, 0.25) is 0 Å². The fourth-order valence-electron chi connectivity index (χ4n) is 2.39. The molecule has 0 radical (unpaired) electrons. The van der Waals surface area contributed by atoms with Crippen molar-refractivity contribution < 1.29 is 9.34 Å². The van der Waals surface area contributed by atoms with Crippen molar-refractivity contribution in [3.8, 4) is 0 Å². The molecule has 3 aromatic heterocycles. The van der Waals surface area contributed by atoms with E-state index in [1.54, 1.807) is 22.6 Å². The SMILES string of the molecule is O=c1/c(=C/C=C/c2ccc([N+](=O)[O-])o2)sc2nc3ccccc3n12. The van der Waals surface area contributed by atoms with Crippen molar-refractivity contribution in [2.45, 2.75) is 0 Å². The molecule has 0 aliphatic rings. The molecule has 1 aromatic carbocycles. The average molecular weight is 339 g/mol. The van der Waals surface area contributed by atoms with Crippen LogP contribution >= 0.6 is 11.3 Å². The number of nitrogens with zero attached hydrogens (tertiary/aromatic N) is 3. The van der Waals surface area contributed by atoms with Crippen molar-refractivity contribution in [2.75, 3.05) is 0 Å². The highest BCUT2D eigenvalue weighted by Gasteiger charge is 2.11. The van der Waals surface area contributed by atoms with Crippen molar-refractivity contribution in [1.29, 1.82) is 0 Å². The number of benzene rings is 1. The van der Waals surface area contributed by atoms with Crippen LogP contribution in [0.2, 0.25) is 0 Å². The molecule has 3 heterocycles. The molecule has 118 valence electrons. The second kappa shape index (κ2) is 5.43. The molecule has 0 atom stereocenters. The lowest BCUT2D eigenvalue weighted by Crippen LogP contribution is -2.22. The van der Waals surface area contributed by atoms with Gasteiger partial charge in [0.25, 0.3) is 5.56 Å². The highest BCUT2D eigenvalue weighted by Crippen LogP contribution is 2.17. The quantitative estimate of drug-likeness (QED) is 0.423. The number of allylic oxidation sites excluding steroid dienone is 1. The Morgan fingerprint density at radius 2 is 2.08 bits per heavy atom. The zero-order valence-electron chi connectivity index (χ0n) is 12.1. The zero-order valence-corrected chi connectivity index (χ0v) is 12.9. The molecule has 4 rings (SSSR count). The van der Waals surface area contributed by atoms with E-state index in [-0.39, 0.29) is 11.4 Å². The van der Waals surface area contributed by atoms with Gasteiger partial charge in [-0.3, -0.25) is 14.9 Å². The molecule has 7 nitrogen and oxygen atoms in total. The summed E-state index contributed by atoms with van der Waals surface area (Å²) >= 11 is 1.29. The van der Waals surface area contributed by atoms with Crippen LogP contribution in [0.25, 0.3) is 28.1 Å². The van der Waals surface area contributed by atoms with Crippen LogP contribution in [0.5, 0.6) is 0 Å². The Bertz CT molecular complexity index is 1220. The third-order valence-electron chi connectivity index (χ3n) is 3.45. The molecule has 0 saturated heterocycles. The van der Waals surface area contributed by atoms with Gasteiger partial charge in [0.15, 0.2) is 4.96 Å². The van der Waals surface area contributed by atoms with Crippen LogP contribution in [0.4, 0.5) is 5.88 Å². The fraction of sp³-hybridized carbons (Fsp3) is 0. The molecule has 0 aliphatic heterocycles. The number of hydrogen-bond donors (Lipinski definition) is 0. The second-order valence-corrected chi connectivity index (χ2v) is 5.96. The summed E-state index contributed by atoms with van der Waals surface area (Å²) in [5.74, 6) is 0.0254. The Hall–Kier alpha value is -3.26. The van der Waals surface area contributed by atoms with E-state index >= 15 is 0 Å². The number of aromatic nitrogens is 2. The lowest BCUT2D eigenvalue weighted by molar-refractivity contribution is -0.402. The number of para-hydroxylation sites is 2. The Morgan fingerprint density at radius 3 is 2.88 bits per heavy atom. The van der Waals surface area contributed by atoms with Gasteiger partial charge in [-0.05, 0) is 30.4 Å². The van der Waals surface area contributed by atoms with Crippen molar-refractivity contribution in [1.82, 2.24) is 9.38 Å². The van der Waals surface area contributed by atoms with Crippen LogP contribution < -0.4 is 10.1 Å². The molecule has 0 N–H and O–H groups in total. The first-order chi connectivity index (χ1) is 11.6. The molecular weight excluding hydrogens is 330 g/mol. The first kappa shape index (κ1) is 14.3. The van der Waals surface area contributed by atoms with Crippen LogP contribution in [0.3, 0.4) is 0 Å². The smallest absolute Gasteiger partial charge is 0.401 e. The molecule has 24 heavy (non-hydrogen) atoms. The molecule has 8 heteroatoms. The minimum absolute atomic E-state index is 0.140. The van der Waals surface area contributed by atoms with Crippen LogP contribution in [-0.2, 0) is 0 Å². The van der Waals surface area contributed by atoms with Crippen LogP contribution in [-0.4, -0.2) is 14.3 Å². The number of thiazole rings is 1. The maximum Gasteiger partial charge on any atom is 0.433 e. The van der Waals surface area contributed by atoms with Gasteiger partial charge in [-0.1, -0.05) is 29.5 Å². The Morgan fingerprint density at radius 1 is 1.25 bits per heavy atom. The van der Waals surface area contributed by atoms with Crippen molar-refractivity contribution in [3.63, 3.8) is 0 Å². The fourth-order valence-corrected chi connectivity index (χ4v) is 3.32. The van der Waals surface area contributed by atoms with E-state index in [0.717, 1.165) is 11.0 Å². The lowest BCUT2D eigenvalue weighted by atomic mass is 10.3. The van der Waals surface area contributed by atoms with E-state index < -0.39 is 4.92 Å². The Kier molecular flexibility index (Phi) is 3.24. The monoisotopic (exact) mass is 339 g/mol. The molecule has 0 unspecified atom stereocenters. The maximum atomic E-state index is 12.5. The Balaban J connectivity index is 1.74. The predicted octanol–water partition coefficient (Wildman–Crippen LogP) is 2.62. The second-order valence-electron chi connectivity index (χ2n) is 4.95. The van der Waals surface area contributed by atoms with Gasteiger partial charge < -0.3 is 4.42 Å². The van der Waals surface area contributed by atoms with E-state index in [4.69, 9.17) is 4.42 Å².